The molecule has 0 bridgehead atoms. The van der Waals surface area contributed by atoms with Crippen LogP contribution in [0.3, 0.4) is 0 Å². The van der Waals surface area contributed by atoms with Crippen molar-refractivity contribution in [2.75, 3.05) is 6.54 Å². The van der Waals surface area contributed by atoms with Crippen LogP contribution in [-0.2, 0) is 25.7 Å². The second-order valence-corrected chi connectivity index (χ2v) is 15.4. The summed E-state index contributed by atoms with van der Waals surface area (Å²) >= 11 is 0. The minimum atomic E-state index is 0.835. The van der Waals surface area contributed by atoms with Gasteiger partial charge >= 0.3 is 0 Å². The number of nitrogens with zero attached hydrogens (tertiary/aromatic N) is 2. The first-order valence-electron chi connectivity index (χ1n) is 22.1. The minimum absolute atomic E-state index is 0.835. The van der Waals surface area contributed by atoms with Gasteiger partial charge in [-0.15, -0.1) is 0 Å². The van der Waals surface area contributed by atoms with E-state index in [2.05, 4.69) is 112 Å². The van der Waals surface area contributed by atoms with E-state index in [1.54, 1.807) is 16.7 Å². The first-order chi connectivity index (χ1) is 25.6. The molecule has 3 rings (SSSR count). The highest BCUT2D eigenvalue weighted by atomic mass is 15.2. The zero-order chi connectivity index (χ0) is 37.1. The average Bonchev–Trinajstić information content (AvgIpc) is 3.17. The molecule has 0 radical (unpaired) electrons. The van der Waals surface area contributed by atoms with Gasteiger partial charge in [-0.2, -0.15) is 0 Å². The van der Waals surface area contributed by atoms with Gasteiger partial charge in [0.2, 0.25) is 0 Å². The van der Waals surface area contributed by atoms with Crippen molar-refractivity contribution >= 4 is 11.8 Å². The number of hydrogen-bond acceptors (Lipinski definition) is 1. The van der Waals surface area contributed by atoms with Crippen LogP contribution < -0.4 is 0 Å². The first kappa shape index (κ1) is 43.4. The fourth-order valence-electron chi connectivity index (χ4n) is 7.56. The number of azo groups is 2. The molecular formula is C50H77N2+. The van der Waals surface area contributed by atoms with Gasteiger partial charge in [0, 0.05) is 6.08 Å². The Morgan fingerprint density at radius 1 is 0.481 bits per heavy atom. The Labute approximate surface area is 321 Å². The van der Waals surface area contributed by atoms with Crippen molar-refractivity contribution in [2.45, 2.75) is 189 Å². The van der Waals surface area contributed by atoms with Gasteiger partial charge in [-0.1, -0.05) is 184 Å². The van der Waals surface area contributed by atoms with Gasteiger partial charge in [0.25, 0.3) is 0 Å². The molecule has 0 atom stereocenters. The van der Waals surface area contributed by atoms with E-state index in [1.807, 2.05) is 0 Å². The minimum Gasteiger partial charge on any atom is -0.0910 e. The van der Waals surface area contributed by atoms with Crippen LogP contribution in [0, 0.1) is 0 Å². The molecule has 0 spiro atoms. The Balaban J connectivity index is 1.86. The van der Waals surface area contributed by atoms with Crippen molar-refractivity contribution in [3.8, 4) is 11.1 Å². The molecule has 52 heavy (non-hydrogen) atoms. The fourth-order valence-corrected chi connectivity index (χ4v) is 7.56. The third kappa shape index (κ3) is 16.8. The summed E-state index contributed by atoms with van der Waals surface area (Å²) < 4.78 is 2.14. The number of unbranched alkanes of at least 4 members (excludes halogenated alkanes) is 16. The van der Waals surface area contributed by atoms with Crippen molar-refractivity contribution in [3.63, 3.8) is 0 Å². The summed E-state index contributed by atoms with van der Waals surface area (Å²) in [7, 11) is 0. The Hall–Kier alpha value is -3.00. The zero-order valence-electron chi connectivity index (χ0n) is 34.5. The average molecular weight is 706 g/mol. The molecule has 2 nitrogen and oxygen atoms in total. The lowest BCUT2D eigenvalue weighted by Gasteiger charge is -2.16. The molecule has 0 unspecified atom stereocenters. The van der Waals surface area contributed by atoms with E-state index >= 15 is 0 Å². The van der Waals surface area contributed by atoms with Crippen LogP contribution in [0.4, 0.5) is 5.69 Å². The summed E-state index contributed by atoms with van der Waals surface area (Å²) in [6.45, 7) is 12.3. The van der Waals surface area contributed by atoms with Gasteiger partial charge in [0.1, 0.15) is 5.69 Å². The van der Waals surface area contributed by atoms with E-state index in [-0.39, 0.29) is 0 Å². The molecule has 2 heteroatoms. The highest BCUT2D eigenvalue weighted by Gasteiger charge is 2.15. The maximum Gasteiger partial charge on any atom is 0.196 e. The molecule has 3 aromatic carbocycles. The van der Waals surface area contributed by atoms with Crippen molar-refractivity contribution in [1.82, 2.24) is 0 Å². The van der Waals surface area contributed by atoms with E-state index in [4.69, 9.17) is 5.11 Å². The molecule has 0 aliphatic carbocycles. The predicted molar refractivity (Wildman–Crippen MR) is 230 cm³/mol. The van der Waals surface area contributed by atoms with Crippen molar-refractivity contribution in [1.29, 1.82) is 0 Å². The van der Waals surface area contributed by atoms with Crippen molar-refractivity contribution in [3.05, 3.63) is 94.7 Å². The van der Waals surface area contributed by atoms with Gasteiger partial charge in [-0.25, -0.2) is 0 Å². The van der Waals surface area contributed by atoms with Gasteiger partial charge in [-0.3, -0.25) is 0 Å². The van der Waals surface area contributed by atoms with E-state index in [0.29, 0.717) is 0 Å². The van der Waals surface area contributed by atoms with Crippen LogP contribution in [0.25, 0.3) is 17.2 Å². The third-order valence-electron chi connectivity index (χ3n) is 10.8. The molecule has 0 aliphatic rings. The van der Waals surface area contributed by atoms with Crippen molar-refractivity contribution in [2.24, 2.45) is 5.11 Å². The van der Waals surface area contributed by atoms with E-state index in [0.717, 1.165) is 25.1 Å². The number of rotatable bonds is 29. The van der Waals surface area contributed by atoms with Gasteiger partial charge in [-0.05, 0) is 114 Å². The van der Waals surface area contributed by atoms with E-state index in [1.165, 1.54) is 164 Å². The van der Waals surface area contributed by atoms with Crippen LogP contribution >= 0.6 is 0 Å². The lowest BCUT2D eigenvalue weighted by Crippen LogP contribution is -2.02. The third-order valence-corrected chi connectivity index (χ3v) is 10.8. The second kappa shape index (κ2) is 27.6. The van der Waals surface area contributed by atoms with Crippen LogP contribution in [0.5, 0.6) is 0 Å². The Morgan fingerprint density at radius 3 is 1.62 bits per heavy atom. The molecule has 0 aromatic heterocycles. The SMILES string of the molecule is CCCCCCCCc1ccc(C=C[N+](CC)=Nc2cc(CCCC)c(CCCCCCCC)c(-c3ccccc3)c2)cc1CCCCCCCC. The maximum atomic E-state index is 5.26. The van der Waals surface area contributed by atoms with Crippen LogP contribution in [0.15, 0.2) is 72.0 Å². The summed E-state index contributed by atoms with van der Waals surface area (Å²) in [5.41, 5.74) is 11.2. The largest absolute Gasteiger partial charge is 0.196 e. The lowest BCUT2D eigenvalue weighted by molar-refractivity contribution is -0.519. The first-order valence-corrected chi connectivity index (χ1v) is 22.1. The molecular weight excluding hydrogens is 629 g/mol. The zero-order valence-corrected chi connectivity index (χ0v) is 34.5. The molecule has 0 saturated carbocycles. The smallest absolute Gasteiger partial charge is 0.0910 e. The number of aryl methyl sites for hydroxylation is 3. The number of hydrogen-bond donors (Lipinski definition) is 0. The molecule has 0 saturated heterocycles. The molecule has 0 heterocycles. The molecule has 0 fully saturated rings. The molecule has 286 valence electrons. The number of benzene rings is 3. The van der Waals surface area contributed by atoms with Crippen LogP contribution in [0.2, 0.25) is 0 Å². The second-order valence-electron chi connectivity index (χ2n) is 15.4. The van der Waals surface area contributed by atoms with E-state index in [9.17, 15) is 0 Å². The maximum absolute atomic E-state index is 5.26. The summed E-state index contributed by atoms with van der Waals surface area (Å²) in [6, 6.07) is 23.1. The van der Waals surface area contributed by atoms with Gasteiger partial charge in [0.05, 0.1) is 0 Å². The monoisotopic (exact) mass is 706 g/mol. The van der Waals surface area contributed by atoms with Gasteiger partial charge < -0.3 is 0 Å². The van der Waals surface area contributed by atoms with Crippen LogP contribution in [-0.4, -0.2) is 11.2 Å². The molecule has 0 amide bonds. The Kier molecular flexibility index (Phi) is 23.0. The van der Waals surface area contributed by atoms with Crippen molar-refractivity contribution < 1.29 is 4.70 Å². The summed E-state index contributed by atoms with van der Waals surface area (Å²) in [5, 5.41) is 5.26. The van der Waals surface area contributed by atoms with Gasteiger partial charge in [0.15, 0.2) is 12.7 Å². The lowest BCUT2D eigenvalue weighted by atomic mass is 9.89. The summed E-state index contributed by atoms with van der Waals surface area (Å²) in [4.78, 5) is 0. The molecule has 0 N–H and O–H groups in total. The molecule has 0 aliphatic heterocycles. The molecule has 3 aromatic rings. The topological polar surface area (TPSA) is 15.4 Å². The Bertz CT molecular complexity index is 1420. The summed E-state index contributed by atoms with van der Waals surface area (Å²) in [6.07, 6.45) is 35.8. The standard InChI is InChI=1S/C50H77N2/c1-6-11-15-18-21-25-31-44-37-36-43(40-46(44)34-26-22-19-16-12-7-2)38-39-52(10-5)51-48-41-47(30-14-9-4)49(35-29-23-20-17-13-8-3)50(42-48)45-32-27-24-28-33-45/h24,27-28,32-33,36-42H,6-23,25-26,29-31,34-35H2,1-5H3/q+1. The normalized spacial score (nSPS) is 12.0. The predicted octanol–water partition coefficient (Wildman–Crippen LogP) is 16.2. The van der Waals surface area contributed by atoms with E-state index < -0.39 is 0 Å². The fraction of sp³-hybridized carbons (Fsp3) is 0.600. The highest BCUT2D eigenvalue weighted by molar-refractivity contribution is 5.72. The summed E-state index contributed by atoms with van der Waals surface area (Å²) in [5.74, 6) is 0. The highest BCUT2D eigenvalue weighted by Crippen LogP contribution is 2.34. The Morgan fingerprint density at radius 2 is 1.02 bits per heavy atom. The quantitative estimate of drug-likeness (QED) is 0.0388. The van der Waals surface area contributed by atoms with Crippen LogP contribution in [0.1, 0.15) is 191 Å².